The summed E-state index contributed by atoms with van der Waals surface area (Å²) in [6.07, 6.45) is 0.965. The molecule has 0 aromatic heterocycles. The molecule has 15 heavy (non-hydrogen) atoms. The summed E-state index contributed by atoms with van der Waals surface area (Å²) in [5.41, 5.74) is 3.66. The molecule has 0 saturated heterocycles. The minimum absolute atomic E-state index is 0.690. The van der Waals surface area contributed by atoms with Gasteiger partial charge in [-0.25, -0.2) is 0 Å². The van der Waals surface area contributed by atoms with Crippen molar-refractivity contribution in [1.29, 1.82) is 0 Å². The Labute approximate surface area is 92.0 Å². The van der Waals surface area contributed by atoms with E-state index in [1.807, 2.05) is 0 Å². The highest BCUT2D eigenvalue weighted by atomic mass is 16.5. The molecule has 0 radical (unpaired) electrons. The summed E-state index contributed by atoms with van der Waals surface area (Å²) in [5.74, 6) is 0. The zero-order chi connectivity index (χ0) is 11.1. The minimum atomic E-state index is 0.690. The quantitative estimate of drug-likeness (QED) is 0.535. The molecular formula is C13H19NO. The Morgan fingerprint density at radius 3 is 2.47 bits per heavy atom. The van der Waals surface area contributed by atoms with Crippen LogP contribution in [0.2, 0.25) is 0 Å². The first-order valence-corrected chi connectivity index (χ1v) is 5.37. The number of aliphatic imine (C=N–C) groups is 1. The van der Waals surface area contributed by atoms with E-state index in [0.29, 0.717) is 6.61 Å². The number of benzene rings is 1. The number of nitrogens with zero attached hydrogens (tertiary/aromatic N) is 1. The van der Waals surface area contributed by atoms with Crippen LogP contribution in [0.3, 0.4) is 0 Å². The van der Waals surface area contributed by atoms with Crippen LogP contribution < -0.4 is 0 Å². The predicted octanol–water partition coefficient (Wildman–Crippen LogP) is 2.84. The number of methoxy groups -OCH3 is 1. The van der Waals surface area contributed by atoms with E-state index in [1.165, 1.54) is 11.1 Å². The van der Waals surface area contributed by atoms with Gasteiger partial charge in [-0.3, -0.25) is 4.99 Å². The van der Waals surface area contributed by atoms with Crippen LogP contribution in [0.1, 0.15) is 24.5 Å². The van der Waals surface area contributed by atoms with Crippen molar-refractivity contribution in [1.82, 2.24) is 0 Å². The Bertz CT molecular complexity index is 314. The smallest absolute Gasteiger partial charge is 0.0658 e. The van der Waals surface area contributed by atoms with E-state index in [9.17, 15) is 0 Å². The molecular weight excluding hydrogens is 186 g/mol. The molecule has 1 aromatic rings. The van der Waals surface area contributed by atoms with Gasteiger partial charge in [-0.2, -0.15) is 0 Å². The topological polar surface area (TPSA) is 21.6 Å². The van der Waals surface area contributed by atoms with Crippen LogP contribution >= 0.6 is 0 Å². The van der Waals surface area contributed by atoms with Gasteiger partial charge in [0, 0.05) is 12.8 Å². The van der Waals surface area contributed by atoms with Gasteiger partial charge in [0.2, 0.25) is 0 Å². The highest BCUT2D eigenvalue weighted by Gasteiger charge is 1.99. The summed E-state index contributed by atoms with van der Waals surface area (Å²) in [6.45, 7) is 5.66. The van der Waals surface area contributed by atoms with Crippen molar-refractivity contribution in [3.8, 4) is 0 Å². The second-order valence-corrected chi connectivity index (χ2v) is 3.54. The predicted molar refractivity (Wildman–Crippen MR) is 64.8 cm³/mol. The van der Waals surface area contributed by atoms with E-state index >= 15 is 0 Å². The number of rotatable bonds is 5. The van der Waals surface area contributed by atoms with Crippen LogP contribution in [0, 0.1) is 6.92 Å². The van der Waals surface area contributed by atoms with E-state index in [2.05, 4.69) is 43.1 Å². The Hall–Kier alpha value is -1.15. The standard InChI is InChI=1S/C13H19NO/c1-4-13(14-9-10-15-3)12-7-5-11(2)6-8-12/h5-8H,4,9-10H2,1-3H3. The van der Waals surface area contributed by atoms with Gasteiger partial charge in [-0.05, 0) is 18.9 Å². The summed E-state index contributed by atoms with van der Waals surface area (Å²) in [5, 5.41) is 0. The number of hydrogen-bond acceptors (Lipinski definition) is 2. The molecule has 0 unspecified atom stereocenters. The number of aryl methyl sites for hydroxylation is 1. The Morgan fingerprint density at radius 1 is 1.27 bits per heavy atom. The summed E-state index contributed by atoms with van der Waals surface area (Å²) < 4.78 is 4.98. The largest absolute Gasteiger partial charge is 0.383 e. The maximum absolute atomic E-state index is 4.98. The maximum atomic E-state index is 4.98. The van der Waals surface area contributed by atoms with Crippen molar-refractivity contribution in [2.24, 2.45) is 4.99 Å². The second kappa shape index (κ2) is 6.36. The van der Waals surface area contributed by atoms with Gasteiger partial charge in [-0.1, -0.05) is 36.8 Å². The molecule has 2 nitrogen and oxygen atoms in total. The fourth-order valence-electron chi connectivity index (χ4n) is 1.43. The van der Waals surface area contributed by atoms with E-state index in [0.717, 1.165) is 18.7 Å². The van der Waals surface area contributed by atoms with Gasteiger partial charge in [0.1, 0.15) is 0 Å². The summed E-state index contributed by atoms with van der Waals surface area (Å²) in [7, 11) is 1.70. The van der Waals surface area contributed by atoms with E-state index in [-0.39, 0.29) is 0 Å². The minimum Gasteiger partial charge on any atom is -0.383 e. The highest BCUT2D eigenvalue weighted by Crippen LogP contribution is 2.07. The fraction of sp³-hybridized carbons (Fsp3) is 0.462. The van der Waals surface area contributed by atoms with Crippen molar-refractivity contribution in [3.05, 3.63) is 35.4 Å². The summed E-state index contributed by atoms with van der Waals surface area (Å²) >= 11 is 0. The Balaban J connectivity index is 2.73. The van der Waals surface area contributed by atoms with Crippen LogP contribution in [-0.4, -0.2) is 26.0 Å². The van der Waals surface area contributed by atoms with Gasteiger partial charge < -0.3 is 4.74 Å². The molecule has 0 amide bonds. The van der Waals surface area contributed by atoms with Crippen LogP contribution in [0.4, 0.5) is 0 Å². The zero-order valence-electron chi connectivity index (χ0n) is 9.79. The SMILES string of the molecule is CCC(=NCCOC)c1ccc(C)cc1. The molecule has 0 heterocycles. The van der Waals surface area contributed by atoms with Crippen molar-refractivity contribution >= 4 is 5.71 Å². The van der Waals surface area contributed by atoms with Crippen molar-refractivity contribution in [2.45, 2.75) is 20.3 Å². The van der Waals surface area contributed by atoms with Gasteiger partial charge in [-0.15, -0.1) is 0 Å². The van der Waals surface area contributed by atoms with E-state index in [4.69, 9.17) is 4.74 Å². The van der Waals surface area contributed by atoms with Crippen molar-refractivity contribution in [2.75, 3.05) is 20.3 Å². The third kappa shape index (κ3) is 3.84. The first-order chi connectivity index (χ1) is 7.27. The molecule has 1 rings (SSSR count). The molecule has 0 fully saturated rings. The molecule has 82 valence electrons. The van der Waals surface area contributed by atoms with Crippen molar-refractivity contribution < 1.29 is 4.74 Å². The third-order valence-corrected chi connectivity index (χ3v) is 2.32. The zero-order valence-corrected chi connectivity index (χ0v) is 9.79. The first-order valence-electron chi connectivity index (χ1n) is 5.37. The van der Waals surface area contributed by atoms with Gasteiger partial charge in [0.25, 0.3) is 0 Å². The van der Waals surface area contributed by atoms with E-state index < -0.39 is 0 Å². The van der Waals surface area contributed by atoms with E-state index in [1.54, 1.807) is 7.11 Å². The average Bonchev–Trinajstić information content (AvgIpc) is 2.26. The molecule has 0 spiro atoms. The number of hydrogen-bond donors (Lipinski definition) is 0. The normalized spacial score (nSPS) is 11.8. The Morgan fingerprint density at radius 2 is 1.93 bits per heavy atom. The summed E-state index contributed by atoms with van der Waals surface area (Å²) in [4.78, 5) is 4.52. The first kappa shape index (κ1) is 11.9. The average molecular weight is 205 g/mol. The van der Waals surface area contributed by atoms with Gasteiger partial charge >= 0.3 is 0 Å². The fourth-order valence-corrected chi connectivity index (χ4v) is 1.43. The monoisotopic (exact) mass is 205 g/mol. The molecule has 1 aromatic carbocycles. The molecule has 2 heteroatoms. The molecule has 0 aliphatic heterocycles. The van der Waals surface area contributed by atoms with Crippen LogP contribution in [0.5, 0.6) is 0 Å². The van der Waals surface area contributed by atoms with Crippen molar-refractivity contribution in [3.63, 3.8) is 0 Å². The third-order valence-electron chi connectivity index (χ3n) is 2.32. The molecule has 0 aliphatic carbocycles. The summed E-state index contributed by atoms with van der Waals surface area (Å²) in [6, 6.07) is 8.50. The molecule has 0 saturated carbocycles. The Kier molecular flexibility index (Phi) is 5.05. The maximum Gasteiger partial charge on any atom is 0.0658 e. The van der Waals surface area contributed by atoms with Crippen LogP contribution in [-0.2, 0) is 4.74 Å². The lowest BCUT2D eigenvalue weighted by molar-refractivity contribution is 0.208. The lowest BCUT2D eigenvalue weighted by atomic mass is 10.1. The lowest BCUT2D eigenvalue weighted by Crippen LogP contribution is -2.03. The molecule has 0 aliphatic rings. The second-order valence-electron chi connectivity index (χ2n) is 3.54. The van der Waals surface area contributed by atoms with Gasteiger partial charge in [0.15, 0.2) is 0 Å². The lowest BCUT2D eigenvalue weighted by Gasteiger charge is -2.04. The molecule has 0 bridgehead atoms. The van der Waals surface area contributed by atoms with Crippen LogP contribution in [0.25, 0.3) is 0 Å². The van der Waals surface area contributed by atoms with Crippen LogP contribution in [0.15, 0.2) is 29.3 Å². The number of ether oxygens (including phenoxy) is 1. The van der Waals surface area contributed by atoms with Gasteiger partial charge in [0.05, 0.1) is 13.2 Å². The molecule has 0 N–H and O–H groups in total. The molecule has 0 atom stereocenters. The highest BCUT2D eigenvalue weighted by molar-refractivity contribution is 6.00.